The molecule has 0 saturated carbocycles. The van der Waals surface area contributed by atoms with Gasteiger partial charge in [0, 0.05) is 18.4 Å². The number of allylic oxidation sites excluding steroid dienone is 1. The minimum atomic E-state index is -1.20. The Morgan fingerprint density at radius 1 is 1.42 bits per heavy atom. The third-order valence-corrected chi connectivity index (χ3v) is 3.30. The van der Waals surface area contributed by atoms with Gasteiger partial charge in [-0.1, -0.05) is 24.3 Å². The van der Waals surface area contributed by atoms with E-state index in [4.69, 9.17) is 0 Å². The summed E-state index contributed by atoms with van der Waals surface area (Å²) in [6.45, 7) is 3.61. The first-order chi connectivity index (χ1) is 9.20. The van der Waals surface area contributed by atoms with E-state index in [0.29, 0.717) is 17.8 Å². The molecule has 98 valence electrons. The van der Waals surface area contributed by atoms with Crippen molar-refractivity contribution in [2.45, 2.75) is 25.1 Å². The molecule has 0 saturated heterocycles. The van der Waals surface area contributed by atoms with Crippen LogP contribution < -0.4 is 0 Å². The Kier molecular flexibility index (Phi) is 2.89. The molecule has 1 aliphatic rings. The van der Waals surface area contributed by atoms with Gasteiger partial charge in [-0.15, -0.1) is 6.58 Å². The maximum absolute atomic E-state index is 14.0. The van der Waals surface area contributed by atoms with Crippen LogP contribution in [0.1, 0.15) is 35.8 Å². The zero-order valence-corrected chi connectivity index (χ0v) is 10.3. The van der Waals surface area contributed by atoms with Crippen LogP contribution in [0.25, 0.3) is 0 Å². The number of benzene rings is 1. The fourth-order valence-corrected chi connectivity index (χ4v) is 2.45. The van der Waals surface area contributed by atoms with Gasteiger partial charge in [-0.3, -0.25) is 0 Å². The van der Waals surface area contributed by atoms with E-state index in [1.54, 1.807) is 24.3 Å². The highest BCUT2D eigenvalue weighted by Crippen LogP contribution is 2.39. The van der Waals surface area contributed by atoms with Gasteiger partial charge in [0.2, 0.25) is 0 Å². The summed E-state index contributed by atoms with van der Waals surface area (Å²) in [6, 6.07) is 5.98. The molecule has 2 atom stereocenters. The molecule has 5 heteroatoms. The summed E-state index contributed by atoms with van der Waals surface area (Å²) in [5, 5.41) is 4.26. The standard InChI is InChI=1S/C14H13F2N3/c1-2-5-13-17-14-11(16)8-12(19(14)18-13)9-6-3-4-7-10(9)15/h2-4,6-7,11-12H,1,5,8H2. The summed E-state index contributed by atoms with van der Waals surface area (Å²) in [7, 11) is 0. The van der Waals surface area contributed by atoms with Crippen molar-refractivity contribution in [3.8, 4) is 0 Å². The molecule has 0 radical (unpaired) electrons. The average molecular weight is 261 g/mol. The Balaban J connectivity index is 2.03. The van der Waals surface area contributed by atoms with E-state index in [2.05, 4.69) is 16.7 Å². The molecule has 0 aliphatic carbocycles. The summed E-state index contributed by atoms with van der Waals surface area (Å²) in [5.74, 6) is 0.465. The van der Waals surface area contributed by atoms with E-state index in [1.807, 2.05) is 0 Å². The number of hydrogen-bond donors (Lipinski definition) is 0. The largest absolute Gasteiger partial charge is 0.239 e. The van der Waals surface area contributed by atoms with Gasteiger partial charge < -0.3 is 0 Å². The Labute approximate surface area is 109 Å². The van der Waals surface area contributed by atoms with Crippen molar-refractivity contribution in [2.75, 3.05) is 0 Å². The Hall–Kier alpha value is -2.04. The Morgan fingerprint density at radius 3 is 2.95 bits per heavy atom. The molecule has 3 nitrogen and oxygen atoms in total. The molecule has 2 unspecified atom stereocenters. The summed E-state index contributed by atoms with van der Waals surface area (Å²) in [4.78, 5) is 4.15. The fraction of sp³-hybridized carbons (Fsp3) is 0.286. The highest BCUT2D eigenvalue weighted by molar-refractivity contribution is 5.25. The Morgan fingerprint density at radius 2 is 2.21 bits per heavy atom. The van der Waals surface area contributed by atoms with E-state index in [-0.39, 0.29) is 18.1 Å². The van der Waals surface area contributed by atoms with Gasteiger partial charge in [0.1, 0.15) is 5.82 Å². The van der Waals surface area contributed by atoms with E-state index >= 15 is 0 Å². The number of alkyl halides is 1. The zero-order valence-electron chi connectivity index (χ0n) is 10.3. The summed E-state index contributed by atoms with van der Waals surface area (Å²) < 4.78 is 29.3. The predicted octanol–water partition coefficient (Wildman–Crippen LogP) is 3.15. The van der Waals surface area contributed by atoms with Gasteiger partial charge in [-0.25, -0.2) is 18.4 Å². The minimum Gasteiger partial charge on any atom is -0.239 e. The molecule has 1 aliphatic heterocycles. The van der Waals surface area contributed by atoms with E-state index in [1.165, 1.54) is 10.7 Å². The molecule has 19 heavy (non-hydrogen) atoms. The molecule has 3 rings (SSSR count). The van der Waals surface area contributed by atoms with Gasteiger partial charge in [-0.05, 0) is 6.07 Å². The number of hydrogen-bond acceptors (Lipinski definition) is 2. The van der Waals surface area contributed by atoms with Gasteiger partial charge in [0.25, 0.3) is 0 Å². The van der Waals surface area contributed by atoms with E-state index < -0.39 is 12.2 Å². The maximum atomic E-state index is 14.0. The number of fused-ring (bicyclic) bond motifs is 1. The molecule has 0 amide bonds. The molecule has 0 bridgehead atoms. The highest BCUT2D eigenvalue weighted by atomic mass is 19.1. The van der Waals surface area contributed by atoms with Crippen LogP contribution in [0.5, 0.6) is 0 Å². The molecule has 2 aromatic rings. The van der Waals surface area contributed by atoms with Crippen molar-refractivity contribution in [3.63, 3.8) is 0 Å². The lowest BCUT2D eigenvalue weighted by Gasteiger charge is -2.12. The first kappa shape index (κ1) is 12.0. The SMILES string of the molecule is C=CCc1nc2n(n1)C(c1ccccc1F)CC2F. The minimum absolute atomic E-state index is 0.185. The fourth-order valence-electron chi connectivity index (χ4n) is 2.45. The molecule has 1 aromatic heterocycles. The average Bonchev–Trinajstić information content (AvgIpc) is 2.92. The second-order valence-electron chi connectivity index (χ2n) is 4.56. The first-order valence-electron chi connectivity index (χ1n) is 6.15. The van der Waals surface area contributed by atoms with E-state index in [9.17, 15) is 8.78 Å². The number of nitrogens with zero attached hydrogens (tertiary/aromatic N) is 3. The third-order valence-electron chi connectivity index (χ3n) is 3.30. The number of aromatic nitrogens is 3. The van der Waals surface area contributed by atoms with Gasteiger partial charge in [-0.2, -0.15) is 5.10 Å². The second-order valence-corrected chi connectivity index (χ2v) is 4.56. The third kappa shape index (κ3) is 1.95. The van der Waals surface area contributed by atoms with Crippen LogP contribution in [0.2, 0.25) is 0 Å². The zero-order chi connectivity index (χ0) is 13.4. The monoisotopic (exact) mass is 261 g/mol. The molecule has 2 heterocycles. The van der Waals surface area contributed by atoms with Crippen LogP contribution in [-0.4, -0.2) is 14.8 Å². The number of rotatable bonds is 3. The first-order valence-corrected chi connectivity index (χ1v) is 6.15. The second kappa shape index (κ2) is 4.57. The van der Waals surface area contributed by atoms with Crippen LogP contribution in [0.3, 0.4) is 0 Å². The van der Waals surface area contributed by atoms with Gasteiger partial charge in [0.15, 0.2) is 17.8 Å². The van der Waals surface area contributed by atoms with Gasteiger partial charge in [0.05, 0.1) is 6.04 Å². The van der Waals surface area contributed by atoms with Crippen LogP contribution in [-0.2, 0) is 6.42 Å². The summed E-state index contributed by atoms with van der Waals surface area (Å²) in [5.41, 5.74) is 0.457. The lowest BCUT2D eigenvalue weighted by atomic mass is 10.0. The molecule has 0 N–H and O–H groups in total. The van der Waals surface area contributed by atoms with Crippen molar-refractivity contribution in [2.24, 2.45) is 0 Å². The smallest absolute Gasteiger partial charge is 0.162 e. The summed E-state index contributed by atoms with van der Waals surface area (Å²) in [6.07, 6.45) is 1.13. The molecule has 0 spiro atoms. The molecule has 1 aromatic carbocycles. The number of halogens is 2. The molecular formula is C14H13F2N3. The Bertz CT molecular complexity index is 621. The van der Waals surface area contributed by atoms with Crippen LogP contribution in [0.15, 0.2) is 36.9 Å². The van der Waals surface area contributed by atoms with Crippen LogP contribution >= 0.6 is 0 Å². The van der Waals surface area contributed by atoms with E-state index in [0.717, 1.165) is 0 Å². The normalized spacial score (nSPS) is 21.4. The molecule has 0 fully saturated rings. The van der Waals surface area contributed by atoms with Crippen molar-refractivity contribution < 1.29 is 8.78 Å². The van der Waals surface area contributed by atoms with Crippen molar-refractivity contribution in [3.05, 3.63) is 59.9 Å². The predicted molar refractivity (Wildman–Crippen MR) is 66.9 cm³/mol. The van der Waals surface area contributed by atoms with Gasteiger partial charge >= 0.3 is 0 Å². The molecular weight excluding hydrogens is 248 g/mol. The maximum Gasteiger partial charge on any atom is 0.162 e. The topological polar surface area (TPSA) is 30.7 Å². The van der Waals surface area contributed by atoms with Crippen LogP contribution in [0.4, 0.5) is 8.78 Å². The lowest BCUT2D eigenvalue weighted by molar-refractivity contribution is 0.326. The van der Waals surface area contributed by atoms with Crippen molar-refractivity contribution in [1.29, 1.82) is 0 Å². The highest BCUT2D eigenvalue weighted by Gasteiger charge is 2.36. The quantitative estimate of drug-likeness (QED) is 0.795. The van der Waals surface area contributed by atoms with Crippen LogP contribution in [0, 0.1) is 5.82 Å². The van der Waals surface area contributed by atoms with Crippen molar-refractivity contribution >= 4 is 0 Å². The summed E-state index contributed by atoms with van der Waals surface area (Å²) >= 11 is 0. The lowest BCUT2D eigenvalue weighted by Crippen LogP contribution is -2.09. The van der Waals surface area contributed by atoms with Crippen molar-refractivity contribution in [1.82, 2.24) is 14.8 Å².